The molecule has 3 rings (SSSR count). The van der Waals surface area contributed by atoms with Gasteiger partial charge in [-0.15, -0.1) is 0 Å². The predicted molar refractivity (Wildman–Crippen MR) is 147 cm³/mol. The molecule has 0 aliphatic rings. The van der Waals surface area contributed by atoms with Crippen molar-refractivity contribution in [3.8, 4) is 11.3 Å². The van der Waals surface area contributed by atoms with Crippen LogP contribution in [0, 0.1) is 19.3 Å². The highest BCUT2D eigenvalue weighted by Crippen LogP contribution is 2.41. The van der Waals surface area contributed by atoms with Gasteiger partial charge in [0.05, 0.1) is 6.10 Å². The standard InChI is InChI=1S/C32H42O4/c1-8-32(9-2,24-12-10-23(21(3)18-24)11-17-29(33)31(5,6)7)25-13-15-27(22(4)19-25)28-16-14-26(36-28)20-30(34)35/h10,12-16,18-19,29,33H,8-9,11,17,20H2,1-7H3,(H,34,35). The molecule has 0 aliphatic heterocycles. The van der Waals surface area contributed by atoms with Gasteiger partial charge in [0.2, 0.25) is 0 Å². The van der Waals surface area contributed by atoms with Gasteiger partial charge in [-0.2, -0.15) is 0 Å². The van der Waals surface area contributed by atoms with Gasteiger partial charge in [-0.1, -0.05) is 71.0 Å². The van der Waals surface area contributed by atoms with Gasteiger partial charge in [-0.3, -0.25) is 4.79 Å². The number of carbonyl (C=O) groups is 1. The van der Waals surface area contributed by atoms with Crippen molar-refractivity contribution in [1.82, 2.24) is 0 Å². The third kappa shape index (κ3) is 5.92. The summed E-state index contributed by atoms with van der Waals surface area (Å²) < 4.78 is 5.82. The summed E-state index contributed by atoms with van der Waals surface area (Å²) in [6.07, 6.45) is 3.16. The molecule has 1 atom stereocenters. The minimum Gasteiger partial charge on any atom is -0.481 e. The summed E-state index contributed by atoms with van der Waals surface area (Å²) >= 11 is 0. The monoisotopic (exact) mass is 490 g/mol. The van der Waals surface area contributed by atoms with Crippen LogP contribution in [0.25, 0.3) is 11.3 Å². The first-order valence-electron chi connectivity index (χ1n) is 13.1. The lowest BCUT2D eigenvalue weighted by atomic mass is 9.69. The molecule has 194 valence electrons. The molecule has 0 aliphatic carbocycles. The van der Waals surface area contributed by atoms with E-state index in [4.69, 9.17) is 9.52 Å². The second-order valence-electron chi connectivity index (χ2n) is 11.2. The summed E-state index contributed by atoms with van der Waals surface area (Å²) in [5.41, 5.74) is 7.06. The summed E-state index contributed by atoms with van der Waals surface area (Å²) in [7, 11) is 0. The highest BCUT2D eigenvalue weighted by Gasteiger charge is 2.31. The van der Waals surface area contributed by atoms with Crippen molar-refractivity contribution in [2.75, 3.05) is 0 Å². The van der Waals surface area contributed by atoms with Crippen molar-refractivity contribution in [2.45, 2.75) is 92.1 Å². The Balaban J connectivity index is 1.91. The molecule has 0 bridgehead atoms. The average molecular weight is 491 g/mol. The second-order valence-corrected chi connectivity index (χ2v) is 11.2. The van der Waals surface area contributed by atoms with E-state index in [1.54, 1.807) is 6.07 Å². The SMILES string of the molecule is CCC(CC)(c1ccc(CCC(O)C(C)(C)C)c(C)c1)c1ccc(-c2ccc(CC(=O)O)o2)c(C)c1. The van der Waals surface area contributed by atoms with Crippen LogP contribution in [0.2, 0.25) is 0 Å². The maximum atomic E-state index is 11.0. The van der Waals surface area contributed by atoms with Gasteiger partial charge in [-0.05, 0) is 84.9 Å². The topological polar surface area (TPSA) is 70.7 Å². The Kier molecular flexibility index (Phi) is 8.51. The zero-order chi connectivity index (χ0) is 26.7. The van der Waals surface area contributed by atoms with Crippen LogP contribution < -0.4 is 0 Å². The Morgan fingerprint density at radius 1 is 0.917 bits per heavy atom. The summed E-state index contributed by atoms with van der Waals surface area (Å²) in [5.74, 6) is 0.264. The zero-order valence-electron chi connectivity index (χ0n) is 22.9. The van der Waals surface area contributed by atoms with E-state index in [0.717, 1.165) is 36.8 Å². The highest BCUT2D eigenvalue weighted by atomic mass is 16.4. The molecule has 1 heterocycles. The van der Waals surface area contributed by atoms with Crippen LogP contribution in [-0.2, 0) is 23.1 Å². The Labute approximate surface area is 216 Å². The number of hydrogen-bond donors (Lipinski definition) is 2. The van der Waals surface area contributed by atoms with Crippen LogP contribution in [0.3, 0.4) is 0 Å². The lowest BCUT2D eigenvalue weighted by molar-refractivity contribution is -0.136. The van der Waals surface area contributed by atoms with Crippen LogP contribution in [0.1, 0.15) is 87.5 Å². The minimum atomic E-state index is -0.898. The van der Waals surface area contributed by atoms with E-state index in [1.807, 2.05) is 6.07 Å². The number of furan rings is 1. The summed E-state index contributed by atoms with van der Waals surface area (Å²) in [4.78, 5) is 11.0. The summed E-state index contributed by atoms with van der Waals surface area (Å²) in [5, 5.41) is 19.5. The van der Waals surface area contributed by atoms with E-state index in [-0.39, 0.29) is 23.4 Å². The molecule has 1 aromatic heterocycles. The second kappa shape index (κ2) is 11.0. The van der Waals surface area contributed by atoms with E-state index < -0.39 is 5.97 Å². The molecule has 2 aromatic carbocycles. The first-order chi connectivity index (χ1) is 16.9. The van der Waals surface area contributed by atoms with Crippen molar-refractivity contribution < 1.29 is 19.4 Å². The zero-order valence-corrected chi connectivity index (χ0v) is 22.9. The van der Waals surface area contributed by atoms with Gasteiger partial charge < -0.3 is 14.6 Å². The Hall–Kier alpha value is -2.85. The molecule has 2 N–H and O–H groups in total. The highest BCUT2D eigenvalue weighted by molar-refractivity contribution is 5.70. The van der Waals surface area contributed by atoms with Crippen LogP contribution in [0.15, 0.2) is 52.9 Å². The normalized spacial score (nSPS) is 13.1. The number of aliphatic carboxylic acids is 1. The van der Waals surface area contributed by atoms with Crippen molar-refractivity contribution in [2.24, 2.45) is 5.41 Å². The predicted octanol–water partition coefficient (Wildman–Crippen LogP) is 7.64. The third-order valence-electron chi connectivity index (χ3n) is 7.82. The molecule has 0 spiro atoms. The van der Waals surface area contributed by atoms with Gasteiger partial charge in [-0.25, -0.2) is 0 Å². The molecule has 0 fully saturated rings. The van der Waals surface area contributed by atoms with Gasteiger partial charge in [0.1, 0.15) is 17.9 Å². The van der Waals surface area contributed by atoms with E-state index in [2.05, 4.69) is 84.9 Å². The molecular formula is C32H42O4. The number of hydrogen-bond acceptors (Lipinski definition) is 3. The van der Waals surface area contributed by atoms with Crippen LogP contribution in [-0.4, -0.2) is 22.3 Å². The smallest absolute Gasteiger partial charge is 0.311 e. The lowest BCUT2D eigenvalue weighted by Gasteiger charge is -2.34. The first kappa shape index (κ1) is 27.7. The minimum absolute atomic E-state index is 0.102. The maximum absolute atomic E-state index is 11.0. The molecule has 4 heteroatoms. The number of benzene rings is 2. The van der Waals surface area contributed by atoms with Crippen molar-refractivity contribution in [3.05, 3.63) is 82.1 Å². The average Bonchev–Trinajstić information content (AvgIpc) is 3.26. The first-order valence-corrected chi connectivity index (χ1v) is 13.1. The maximum Gasteiger partial charge on any atom is 0.311 e. The molecule has 1 unspecified atom stereocenters. The molecule has 4 nitrogen and oxygen atoms in total. The number of carboxylic acid groups (broad SMARTS) is 1. The van der Waals surface area contributed by atoms with E-state index in [0.29, 0.717) is 11.5 Å². The van der Waals surface area contributed by atoms with Gasteiger partial charge in [0, 0.05) is 11.0 Å². The Morgan fingerprint density at radius 3 is 2.06 bits per heavy atom. The Bertz CT molecular complexity index is 1190. The number of aliphatic hydroxyl groups is 1. The summed E-state index contributed by atoms with van der Waals surface area (Å²) in [6.45, 7) is 15.0. The third-order valence-corrected chi connectivity index (χ3v) is 7.82. The van der Waals surface area contributed by atoms with Crippen molar-refractivity contribution in [1.29, 1.82) is 0 Å². The summed E-state index contributed by atoms with van der Waals surface area (Å²) in [6, 6.07) is 17.0. The quantitative estimate of drug-likeness (QED) is 0.306. The molecule has 36 heavy (non-hydrogen) atoms. The number of aliphatic hydroxyl groups excluding tert-OH is 1. The Morgan fingerprint density at radius 2 is 1.53 bits per heavy atom. The van der Waals surface area contributed by atoms with Crippen molar-refractivity contribution in [3.63, 3.8) is 0 Å². The van der Waals surface area contributed by atoms with E-state index >= 15 is 0 Å². The molecule has 3 aromatic rings. The van der Waals surface area contributed by atoms with Gasteiger partial charge in [0.25, 0.3) is 0 Å². The molecular weight excluding hydrogens is 448 g/mol. The van der Waals surface area contributed by atoms with E-state index in [9.17, 15) is 9.90 Å². The van der Waals surface area contributed by atoms with E-state index in [1.165, 1.54) is 22.3 Å². The molecule has 0 saturated heterocycles. The van der Waals surface area contributed by atoms with Crippen LogP contribution >= 0.6 is 0 Å². The molecule has 0 saturated carbocycles. The fraction of sp³-hybridized carbons (Fsp3) is 0.469. The number of aryl methyl sites for hydroxylation is 3. The lowest BCUT2D eigenvalue weighted by Crippen LogP contribution is -2.27. The van der Waals surface area contributed by atoms with Gasteiger partial charge in [0.15, 0.2) is 0 Å². The van der Waals surface area contributed by atoms with Gasteiger partial charge >= 0.3 is 5.97 Å². The van der Waals surface area contributed by atoms with Crippen LogP contribution in [0.4, 0.5) is 0 Å². The number of carboxylic acids is 1. The fourth-order valence-electron chi connectivity index (χ4n) is 5.24. The number of rotatable bonds is 10. The largest absolute Gasteiger partial charge is 0.481 e. The molecule has 0 amide bonds. The van der Waals surface area contributed by atoms with Crippen LogP contribution in [0.5, 0.6) is 0 Å². The van der Waals surface area contributed by atoms with Crippen molar-refractivity contribution >= 4 is 5.97 Å². The fourth-order valence-corrected chi connectivity index (χ4v) is 5.24. The molecule has 0 radical (unpaired) electrons.